The fourth-order valence-corrected chi connectivity index (χ4v) is 4.41. The van der Waals surface area contributed by atoms with E-state index in [9.17, 15) is 5.11 Å². The number of benzene rings is 1. The van der Waals surface area contributed by atoms with Crippen molar-refractivity contribution in [3.63, 3.8) is 0 Å². The Morgan fingerprint density at radius 3 is 2.91 bits per heavy atom. The molecule has 2 fully saturated rings. The van der Waals surface area contributed by atoms with Gasteiger partial charge in [0.15, 0.2) is 11.9 Å². The first kappa shape index (κ1) is 21.0. The molecule has 2 saturated heterocycles. The Balaban J connectivity index is 1.49. The third kappa shape index (κ3) is 3.45. The second-order valence-electron chi connectivity index (χ2n) is 8.07. The largest absolute Gasteiger partial charge is 0.393 e. The van der Waals surface area contributed by atoms with E-state index < -0.39 is 24.0 Å². The van der Waals surface area contributed by atoms with Crippen LogP contribution < -0.4 is 0 Å². The van der Waals surface area contributed by atoms with Crippen LogP contribution in [0.4, 0.5) is 0 Å². The molecular weight excluding hydrogens is 408 g/mol. The second-order valence-corrected chi connectivity index (χ2v) is 8.07. The lowest BCUT2D eigenvalue weighted by atomic mass is 10.00. The molecule has 2 aliphatic heterocycles. The molecule has 32 heavy (non-hydrogen) atoms. The number of aliphatic hydroxyl groups is 1. The van der Waals surface area contributed by atoms with E-state index in [4.69, 9.17) is 19.2 Å². The predicted octanol–water partition coefficient (Wildman–Crippen LogP) is 2.83. The molecule has 0 aliphatic carbocycles. The van der Waals surface area contributed by atoms with Gasteiger partial charge in [0.1, 0.15) is 29.2 Å². The van der Waals surface area contributed by atoms with Crippen molar-refractivity contribution in [2.45, 2.75) is 44.0 Å². The molecule has 0 radical (unpaired) electrons. The molecule has 8 nitrogen and oxygen atoms in total. The molecule has 0 unspecified atom stereocenters. The quantitative estimate of drug-likeness (QED) is 0.545. The number of ether oxygens (including phenoxy) is 3. The van der Waals surface area contributed by atoms with Gasteiger partial charge in [0.2, 0.25) is 0 Å². The van der Waals surface area contributed by atoms with Gasteiger partial charge in [0.05, 0.1) is 31.8 Å². The van der Waals surface area contributed by atoms with Crippen LogP contribution in [0.1, 0.15) is 30.2 Å². The third-order valence-corrected chi connectivity index (χ3v) is 5.93. The molecule has 2 bridgehead atoms. The van der Waals surface area contributed by atoms with Gasteiger partial charge in [-0.3, -0.25) is 4.57 Å². The zero-order chi connectivity index (χ0) is 22.1. The maximum Gasteiger partial charge on any atom is 0.166 e. The molecule has 8 heteroatoms. The molecule has 166 valence electrons. The van der Waals surface area contributed by atoms with Gasteiger partial charge in [0.25, 0.3) is 0 Å². The second kappa shape index (κ2) is 8.55. The van der Waals surface area contributed by atoms with Crippen molar-refractivity contribution in [2.24, 2.45) is 0 Å². The molecule has 1 N–H and O–H groups in total. The van der Waals surface area contributed by atoms with Crippen LogP contribution in [0, 0.1) is 0 Å². The Kier molecular flexibility index (Phi) is 5.60. The van der Waals surface area contributed by atoms with E-state index in [1.54, 1.807) is 12.4 Å². The molecule has 4 atom stereocenters. The standard InChI is InChI=1S/C24H26N4O4/c1-3-8-17-19-22(27-18(26-17)9-4-2)28(15-25-19)23-20-21(24(13-29,32-23)14-31-20)30-12-16-10-6-5-7-11-16/h3-8,10-11,15,20-21,23,29H,2,9,12-14H2,1H3/b8-3+/t20-,21+,23-,24+/m1/s1. The average Bonchev–Trinajstić information content (AvgIpc) is 3.48. The van der Waals surface area contributed by atoms with Crippen LogP contribution in [0.5, 0.6) is 0 Å². The normalized spacial score (nSPS) is 27.0. The summed E-state index contributed by atoms with van der Waals surface area (Å²) >= 11 is 0. The summed E-state index contributed by atoms with van der Waals surface area (Å²) in [7, 11) is 0. The van der Waals surface area contributed by atoms with E-state index >= 15 is 0 Å². The van der Waals surface area contributed by atoms with Gasteiger partial charge >= 0.3 is 0 Å². The summed E-state index contributed by atoms with van der Waals surface area (Å²) < 4.78 is 20.5. The topological polar surface area (TPSA) is 91.5 Å². The summed E-state index contributed by atoms with van der Waals surface area (Å²) in [6.07, 6.45) is 6.50. The van der Waals surface area contributed by atoms with Crippen LogP contribution in [0.2, 0.25) is 0 Å². The van der Waals surface area contributed by atoms with Crippen LogP contribution in [-0.2, 0) is 27.2 Å². The number of allylic oxidation sites excluding steroid dienone is 2. The zero-order valence-corrected chi connectivity index (χ0v) is 17.9. The molecule has 2 aromatic heterocycles. The highest BCUT2D eigenvalue weighted by atomic mass is 16.7. The summed E-state index contributed by atoms with van der Waals surface area (Å²) in [6.45, 7) is 6.21. The van der Waals surface area contributed by atoms with Crippen molar-refractivity contribution in [1.29, 1.82) is 0 Å². The smallest absolute Gasteiger partial charge is 0.166 e. The maximum atomic E-state index is 10.2. The summed E-state index contributed by atoms with van der Waals surface area (Å²) in [5, 5.41) is 10.2. The Morgan fingerprint density at radius 1 is 1.31 bits per heavy atom. The number of hydrogen-bond donors (Lipinski definition) is 1. The lowest BCUT2D eigenvalue weighted by molar-refractivity contribution is -0.187. The molecule has 0 saturated carbocycles. The lowest BCUT2D eigenvalue weighted by Crippen LogP contribution is -2.45. The van der Waals surface area contributed by atoms with E-state index in [0.29, 0.717) is 30.0 Å². The van der Waals surface area contributed by atoms with E-state index in [-0.39, 0.29) is 13.2 Å². The van der Waals surface area contributed by atoms with Crippen molar-refractivity contribution in [2.75, 3.05) is 13.2 Å². The van der Waals surface area contributed by atoms with Gasteiger partial charge in [-0.25, -0.2) is 15.0 Å². The average molecular weight is 434 g/mol. The van der Waals surface area contributed by atoms with Crippen LogP contribution in [0.3, 0.4) is 0 Å². The van der Waals surface area contributed by atoms with Crippen LogP contribution in [0.25, 0.3) is 17.2 Å². The lowest BCUT2D eigenvalue weighted by Gasteiger charge is -2.29. The number of rotatable bonds is 8. The number of fused-ring (bicyclic) bond motifs is 3. The van der Waals surface area contributed by atoms with Crippen molar-refractivity contribution in [1.82, 2.24) is 19.5 Å². The molecule has 4 heterocycles. The number of imidazole rings is 1. The minimum atomic E-state index is -0.927. The molecule has 2 aliphatic rings. The molecule has 5 rings (SSSR count). The van der Waals surface area contributed by atoms with E-state index in [1.807, 2.05) is 54.0 Å². The Labute approximate surface area is 186 Å². The first-order valence-corrected chi connectivity index (χ1v) is 10.7. The van der Waals surface area contributed by atoms with E-state index in [2.05, 4.69) is 16.5 Å². The summed E-state index contributed by atoms with van der Waals surface area (Å²) in [6, 6.07) is 9.92. The van der Waals surface area contributed by atoms with Crippen molar-refractivity contribution in [3.05, 3.63) is 72.5 Å². The van der Waals surface area contributed by atoms with Crippen molar-refractivity contribution >= 4 is 17.2 Å². The van der Waals surface area contributed by atoms with Gasteiger partial charge in [-0.15, -0.1) is 6.58 Å². The first-order chi connectivity index (χ1) is 15.7. The van der Waals surface area contributed by atoms with E-state index in [1.165, 1.54) is 0 Å². The van der Waals surface area contributed by atoms with Crippen LogP contribution in [0.15, 0.2) is 55.4 Å². The van der Waals surface area contributed by atoms with Gasteiger partial charge in [-0.05, 0) is 18.6 Å². The predicted molar refractivity (Wildman–Crippen MR) is 119 cm³/mol. The number of aliphatic hydroxyl groups excluding tert-OH is 1. The van der Waals surface area contributed by atoms with Crippen LogP contribution >= 0.6 is 0 Å². The molecule has 3 aromatic rings. The van der Waals surface area contributed by atoms with Crippen molar-refractivity contribution in [3.8, 4) is 0 Å². The van der Waals surface area contributed by atoms with Gasteiger partial charge < -0.3 is 19.3 Å². The minimum Gasteiger partial charge on any atom is -0.393 e. The highest BCUT2D eigenvalue weighted by molar-refractivity contribution is 5.80. The molecule has 0 amide bonds. The Hall–Kier alpha value is -2.91. The number of aromatic nitrogens is 4. The Bertz CT molecular complexity index is 1150. The number of nitrogens with zero attached hydrogens (tertiary/aromatic N) is 4. The molecule has 1 aromatic carbocycles. The highest BCUT2D eigenvalue weighted by Gasteiger charge is 2.63. The molecule has 0 spiro atoms. The SMILES string of the molecule is C=CCc1nc(/C=C/C)c2ncn([C@@H]3O[C@@]4(CO)CO[C@@H]3[C@@H]4OCc3ccccc3)c2n1. The maximum absolute atomic E-state index is 10.2. The first-order valence-electron chi connectivity index (χ1n) is 10.7. The summed E-state index contributed by atoms with van der Waals surface area (Å²) in [5.74, 6) is 0.653. The number of hydrogen-bond acceptors (Lipinski definition) is 7. The van der Waals surface area contributed by atoms with Gasteiger partial charge in [-0.1, -0.05) is 42.5 Å². The van der Waals surface area contributed by atoms with Gasteiger partial charge in [0, 0.05) is 6.42 Å². The third-order valence-electron chi connectivity index (χ3n) is 5.93. The monoisotopic (exact) mass is 434 g/mol. The zero-order valence-electron chi connectivity index (χ0n) is 17.9. The van der Waals surface area contributed by atoms with Crippen LogP contribution in [-0.4, -0.2) is 55.6 Å². The fraction of sp³-hybridized carbons (Fsp3) is 0.375. The molecular formula is C24H26N4O4. The highest BCUT2D eigenvalue weighted by Crippen LogP contribution is 2.47. The summed E-state index contributed by atoms with van der Waals surface area (Å²) in [5.41, 5.74) is 2.20. The minimum absolute atomic E-state index is 0.202. The van der Waals surface area contributed by atoms with Crippen molar-refractivity contribution < 1.29 is 19.3 Å². The summed E-state index contributed by atoms with van der Waals surface area (Å²) in [4.78, 5) is 13.9. The van der Waals surface area contributed by atoms with Gasteiger partial charge in [-0.2, -0.15) is 0 Å². The fourth-order valence-electron chi connectivity index (χ4n) is 4.41. The Morgan fingerprint density at radius 2 is 2.16 bits per heavy atom. The van der Waals surface area contributed by atoms with E-state index in [0.717, 1.165) is 11.3 Å².